The van der Waals surface area contributed by atoms with Gasteiger partial charge in [0, 0.05) is 32.0 Å². The first-order valence-electron chi connectivity index (χ1n) is 7.27. The first-order valence-corrected chi connectivity index (χ1v) is 8.15. The molecule has 0 aliphatic carbocycles. The van der Waals surface area contributed by atoms with Gasteiger partial charge in [-0.1, -0.05) is 11.8 Å². The number of hydrogen-bond donors (Lipinski definition) is 1. The van der Waals surface area contributed by atoms with E-state index in [1.807, 2.05) is 6.92 Å². The van der Waals surface area contributed by atoms with E-state index in [1.54, 1.807) is 18.5 Å². The van der Waals surface area contributed by atoms with Gasteiger partial charge in [0.2, 0.25) is 5.91 Å². The van der Waals surface area contributed by atoms with Crippen LogP contribution in [0.25, 0.3) is 0 Å². The Morgan fingerprint density at radius 1 is 1.43 bits per heavy atom. The summed E-state index contributed by atoms with van der Waals surface area (Å²) in [5, 5.41) is 3.42. The molecule has 21 heavy (non-hydrogen) atoms. The summed E-state index contributed by atoms with van der Waals surface area (Å²) in [6.07, 6.45) is 4.33. The number of thioether (sulfide) groups is 1. The zero-order valence-corrected chi connectivity index (χ0v) is 13.1. The molecule has 1 aromatic heterocycles. The van der Waals surface area contributed by atoms with E-state index >= 15 is 0 Å². The van der Waals surface area contributed by atoms with Crippen molar-refractivity contribution in [2.75, 3.05) is 39.4 Å². The lowest BCUT2D eigenvalue weighted by atomic mass is 10.3. The van der Waals surface area contributed by atoms with Gasteiger partial charge in [0.05, 0.1) is 18.5 Å². The summed E-state index contributed by atoms with van der Waals surface area (Å²) in [6, 6.07) is 1.76. The second-order valence-corrected chi connectivity index (χ2v) is 6.20. The van der Waals surface area contributed by atoms with Gasteiger partial charge < -0.3 is 10.1 Å². The van der Waals surface area contributed by atoms with Gasteiger partial charge in [-0.25, -0.2) is 9.97 Å². The molecule has 0 saturated carbocycles. The Hall–Kier alpha value is -1.18. The second kappa shape index (κ2) is 8.96. The zero-order chi connectivity index (χ0) is 14.9. The Bertz CT molecular complexity index is 426. The van der Waals surface area contributed by atoms with Crippen molar-refractivity contribution in [3.63, 3.8) is 0 Å². The lowest BCUT2D eigenvalue weighted by Gasteiger charge is -2.26. The zero-order valence-electron chi connectivity index (χ0n) is 12.3. The molecule has 1 N–H and O–H groups in total. The number of carbonyl (C=O) groups is 1. The third kappa shape index (κ3) is 5.99. The van der Waals surface area contributed by atoms with E-state index in [0.29, 0.717) is 11.7 Å². The van der Waals surface area contributed by atoms with Gasteiger partial charge in [0.25, 0.3) is 0 Å². The summed E-state index contributed by atoms with van der Waals surface area (Å²) < 4.78 is 5.31. The summed E-state index contributed by atoms with van der Waals surface area (Å²) in [7, 11) is 0. The molecule has 1 aromatic rings. The van der Waals surface area contributed by atoms with Gasteiger partial charge in [0.15, 0.2) is 5.16 Å². The molecule has 6 nitrogen and oxygen atoms in total. The maximum Gasteiger partial charge on any atom is 0.233 e. The van der Waals surface area contributed by atoms with Crippen LogP contribution in [0.1, 0.15) is 13.3 Å². The molecule has 116 valence electrons. The van der Waals surface area contributed by atoms with Crippen molar-refractivity contribution >= 4 is 17.7 Å². The smallest absolute Gasteiger partial charge is 0.233 e. The highest BCUT2D eigenvalue weighted by Gasteiger charge is 2.15. The van der Waals surface area contributed by atoms with E-state index in [0.717, 1.165) is 39.3 Å². The Balaban J connectivity index is 1.60. The molecule has 2 heterocycles. The molecule has 0 aromatic carbocycles. The van der Waals surface area contributed by atoms with Crippen LogP contribution < -0.4 is 5.32 Å². The van der Waals surface area contributed by atoms with Crippen LogP contribution in [0.2, 0.25) is 0 Å². The van der Waals surface area contributed by atoms with Crippen LogP contribution in [0.3, 0.4) is 0 Å². The number of amides is 1. The first-order chi connectivity index (χ1) is 10.3. The molecule has 1 fully saturated rings. The van der Waals surface area contributed by atoms with E-state index in [-0.39, 0.29) is 11.2 Å². The van der Waals surface area contributed by atoms with E-state index < -0.39 is 0 Å². The predicted molar refractivity (Wildman–Crippen MR) is 82.2 cm³/mol. The molecular formula is C14H22N4O2S. The standard InChI is InChI=1S/C14H22N4O2S/c1-12(21-14-16-4-2-5-17-14)13(19)15-6-3-7-18-8-10-20-11-9-18/h2,4-5,12H,3,6-11H2,1H3,(H,15,19). The third-order valence-corrected chi connectivity index (χ3v) is 4.24. The third-order valence-electron chi connectivity index (χ3n) is 3.25. The number of carbonyl (C=O) groups excluding carboxylic acids is 1. The average Bonchev–Trinajstić information content (AvgIpc) is 2.53. The summed E-state index contributed by atoms with van der Waals surface area (Å²) in [4.78, 5) is 22.6. The lowest BCUT2D eigenvalue weighted by molar-refractivity contribution is -0.120. The quantitative estimate of drug-likeness (QED) is 0.456. The highest BCUT2D eigenvalue weighted by Crippen LogP contribution is 2.17. The number of ether oxygens (including phenoxy) is 1. The van der Waals surface area contributed by atoms with Crippen molar-refractivity contribution in [1.29, 1.82) is 0 Å². The fourth-order valence-corrected chi connectivity index (χ4v) is 2.79. The molecule has 0 spiro atoms. The molecule has 1 aliphatic heterocycles. The number of nitrogens with one attached hydrogen (secondary N) is 1. The Morgan fingerprint density at radius 2 is 2.14 bits per heavy atom. The number of nitrogens with zero attached hydrogens (tertiary/aromatic N) is 3. The van der Waals surface area contributed by atoms with Gasteiger partial charge >= 0.3 is 0 Å². The first kappa shape index (κ1) is 16.2. The molecule has 1 unspecified atom stereocenters. The summed E-state index contributed by atoms with van der Waals surface area (Å²) >= 11 is 1.38. The largest absolute Gasteiger partial charge is 0.379 e. The van der Waals surface area contributed by atoms with Crippen LogP contribution in [0.15, 0.2) is 23.6 Å². The van der Waals surface area contributed by atoms with Crippen LogP contribution in [0, 0.1) is 0 Å². The van der Waals surface area contributed by atoms with Gasteiger partial charge in [-0.2, -0.15) is 0 Å². The van der Waals surface area contributed by atoms with Crippen molar-refractivity contribution in [3.8, 4) is 0 Å². The molecule has 0 radical (unpaired) electrons. The normalized spacial score (nSPS) is 17.4. The lowest BCUT2D eigenvalue weighted by Crippen LogP contribution is -2.38. The minimum absolute atomic E-state index is 0.0365. The highest BCUT2D eigenvalue weighted by molar-refractivity contribution is 8.00. The molecule has 0 bridgehead atoms. The number of hydrogen-bond acceptors (Lipinski definition) is 6. The van der Waals surface area contributed by atoms with E-state index in [9.17, 15) is 4.79 Å². The second-order valence-electron chi connectivity index (χ2n) is 4.89. The van der Waals surface area contributed by atoms with Crippen molar-refractivity contribution < 1.29 is 9.53 Å². The van der Waals surface area contributed by atoms with E-state index in [1.165, 1.54) is 11.8 Å². The van der Waals surface area contributed by atoms with Crippen LogP contribution in [0.4, 0.5) is 0 Å². The summed E-state index contributed by atoms with van der Waals surface area (Å²) in [5.74, 6) is 0.0365. The topological polar surface area (TPSA) is 67.4 Å². The Kier molecular flexibility index (Phi) is 6.91. The van der Waals surface area contributed by atoms with Gasteiger partial charge in [0.1, 0.15) is 0 Å². The minimum atomic E-state index is -0.184. The predicted octanol–water partition coefficient (Wildman–Crippen LogP) is 0.796. The van der Waals surface area contributed by atoms with Crippen molar-refractivity contribution in [2.45, 2.75) is 23.8 Å². The van der Waals surface area contributed by atoms with Crippen molar-refractivity contribution in [2.24, 2.45) is 0 Å². The van der Waals surface area contributed by atoms with E-state index in [4.69, 9.17) is 4.74 Å². The monoisotopic (exact) mass is 310 g/mol. The van der Waals surface area contributed by atoms with Crippen molar-refractivity contribution in [1.82, 2.24) is 20.2 Å². The molecule has 1 atom stereocenters. The number of morpholine rings is 1. The van der Waals surface area contributed by atoms with Crippen molar-refractivity contribution in [3.05, 3.63) is 18.5 Å². The SMILES string of the molecule is CC(Sc1ncccn1)C(=O)NCCCN1CCOCC1. The number of rotatable bonds is 7. The van der Waals surface area contributed by atoms with E-state index in [2.05, 4.69) is 20.2 Å². The summed E-state index contributed by atoms with van der Waals surface area (Å²) in [6.45, 7) is 7.20. The van der Waals surface area contributed by atoms with Crippen LogP contribution in [-0.2, 0) is 9.53 Å². The molecule has 1 aliphatic rings. The molecule has 7 heteroatoms. The average molecular weight is 310 g/mol. The number of aromatic nitrogens is 2. The molecule has 1 amide bonds. The van der Waals surface area contributed by atoms with Crippen LogP contribution in [0.5, 0.6) is 0 Å². The Labute approximate surface area is 129 Å². The molecule has 2 rings (SSSR count). The van der Waals surface area contributed by atoms with Gasteiger partial charge in [-0.05, 0) is 26.0 Å². The maximum absolute atomic E-state index is 12.0. The van der Waals surface area contributed by atoms with Gasteiger partial charge in [-0.15, -0.1) is 0 Å². The summed E-state index contributed by atoms with van der Waals surface area (Å²) in [5.41, 5.74) is 0. The maximum atomic E-state index is 12.0. The Morgan fingerprint density at radius 3 is 2.86 bits per heavy atom. The fraction of sp³-hybridized carbons (Fsp3) is 0.643. The molecular weight excluding hydrogens is 288 g/mol. The van der Waals surface area contributed by atoms with Crippen LogP contribution in [-0.4, -0.2) is 65.4 Å². The molecule has 1 saturated heterocycles. The van der Waals surface area contributed by atoms with Crippen LogP contribution >= 0.6 is 11.8 Å². The highest BCUT2D eigenvalue weighted by atomic mass is 32.2. The fourth-order valence-electron chi connectivity index (χ4n) is 2.04. The van der Waals surface area contributed by atoms with Gasteiger partial charge in [-0.3, -0.25) is 9.69 Å². The minimum Gasteiger partial charge on any atom is -0.379 e.